The number of aromatic nitrogens is 2. The summed E-state index contributed by atoms with van der Waals surface area (Å²) in [5, 5.41) is 18.0. The monoisotopic (exact) mass is 269 g/mol. The molecule has 2 aromatic heterocycles. The molecule has 3 rings (SSSR count). The van der Waals surface area contributed by atoms with Gasteiger partial charge in [0.15, 0.2) is 5.82 Å². The van der Waals surface area contributed by atoms with Gasteiger partial charge in [-0.2, -0.15) is 10.4 Å². The van der Waals surface area contributed by atoms with Crippen LogP contribution in [0, 0.1) is 17.1 Å². The van der Waals surface area contributed by atoms with Crippen molar-refractivity contribution in [2.24, 2.45) is 0 Å². The average molecular weight is 269 g/mol. The van der Waals surface area contributed by atoms with E-state index in [-0.39, 0.29) is 5.56 Å². The number of rotatable bonds is 2. The molecule has 0 atom stereocenters. The van der Waals surface area contributed by atoms with E-state index in [9.17, 15) is 4.39 Å². The predicted molar refractivity (Wildman–Crippen MR) is 74.0 cm³/mol. The summed E-state index contributed by atoms with van der Waals surface area (Å²) in [6.07, 6.45) is 3.65. The molecule has 1 aromatic carbocycles. The van der Waals surface area contributed by atoms with Gasteiger partial charge in [-0.15, -0.1) is 11.3 Å². The van der Waals surface area contributed by atoms with Crippen molar-refractivity contribution in [2.45, 2.75) is 0 Å². The Morgan fingerprint density at radius 3 is 2.95 bits per heavy atom. The highest BCUT2D eigenvalue weighted by molar-refractivity contribution is 7.10. The third-order valence-electron chi connectivity index (χ3n) is 2.76. The van der Waals surface area contributed by atoms with E-state index in [0.29, 0.717) is 16.6 Å². The summed E-state index contributed by atoms with van der Waals surface area (Å²) in [6, 6.07) is 8.82. The lowest BCUT2D eigenvalue weighted by molar-refractivity contribution is 0.636. The Morgan fingerprint density at radius 1 is 1.32 bits per heavy atom. The summed E-state index contributed by atoms with van der Waals surface area (Å²) in [5.74, 6) is -0.528. The molecule has 92 valence electrons. The van der Waals surface area contributed by atoms with Crippen LogP contribution < -0.4 is 0 Å². The second-order valence-electron chi connectivity index (χ2n) is 3.92. The van der Waals surface area contributed by atoms with Crippen LogP contribution in [0.15, 0.2) is 29.6 Å². The molecule has 0 saturated heterocycles. The van der Waals surface area contributed by atoms with E-state index in [4.69, 9.17) is 5.26 Å². The fraction of sp³-hybridized carbons (Fsp3) is 0. The van der Waals surface area contributed by atoms with E-state index in [1.54, 1.807) is 23.5 Å². The first-order valence-electron chi connectivity index (χ1n) is 5.58. The van der Waals surface area contributed by atoms with Gasteiger partial charge in [0, 0.05) is 4.88 Å². The van der Waals surface area contributed by atoms with Crippen LogP contribution in [-0.4, -0.2) is 10.2 Å². The zero-order valence-electron chi connectivity index (χ0n) is 9.72. The van der Waals surface area contributed by atoms with Crippen LogP contribution in [0.4, 0.5) is 4.39 Å². The maximum absolute atomic E-state index is 14.1. The third kappa shape index (κ3) is 2.02. The molecule has 5 heteroatoms. The second kappa shape index (κ2) is 4.67. The molecule has 0 amide bonds. The number of nitrogens with one attached hydrogen (secondary N) is 1. The van der Waals surface area contributed by atoms with Crippen LogP contribution in [0.3, 0.4) is 0 Å². The summed E-state index contributed by atoms with van der Waals surface area (Å²) in [4.78, 5) is 1.07. The molecule has 0 unspecified atom stereocenters. The Bertz CT molecular complexity index is 794. The van der Waals surface area contributed by atoms with Crippen LogP contribution in [0.1, 0.15) is 16.1 Å². The van der Waals surface area contributed by atoms with Gasteiger partial charge >= 0.3 is 0 Å². The van der Waals surface area contributed by atoms with Crippen molar-refractivity contribution in [3.8, 4) is 6.07 Å². The average Bonchev–Trinajstić information content (AvgIpc) is 3.06. The molecule has 0 saturated carbocycles. The summed E-state index contributed by atoms with van der Waals surface area (Å²) < 4.78 is 14.1. The molecule has 0 bridgehead atoms. The fourth-order valence-corrected chi connectivity index (χ4v) is 2.47. The number of nitrogens with zero attached hydrogens (tertiary/aromatic N) is 2. The van der Waals surface area contributed by atoms with Crippen molar-refractivity contribution in [3.63, 3.8) is 0 Å². The molecule has 1 N–H and O–H groups in total. The first kappa shape index (κ1) is 11.6. The normalized spacial score (nSPS) is 11.2. The Labute approximate surface area is 112 Å². The van der Waals surface area contributed by atoms with Crippen molar-refractivity contribution < 1.29 is 4.39 Å². The molecule has 0 spiro atoms. The Morgan fingerprint density at radius 2 is 2.21 bits per heavy atom. The van der Waals surface area contributed by atoms with Gasteiger partial charge in [0.25, 0.3) is 0 Å². The number of benzene rings is 1. The zero-order chi connectivity index (χ0) is 13.2. The van der Waals surface area contributed by atoms with Crippen LogP contribution >= 0.6 is 11.3 Å². The van der Waals surface area contributed by atoms with Crippen LogP contribution in [0.25, 0.3) is 23.1 Å². The van der Waals surface area contributed by atoms with E-state index in [0.717, 1.165) is 4.88 Å². The van der Waals surface area contributed by atoms with Crippen LogP contribution in [-0.2, 0) is 0 Å². The number of nitriles is 1. The summed E-state index contributed by atoms with van der Waals surface area (Å²) in [5.41, 5.74) is 1.11. The molecule has 2 heterocycles. The van der Waals surface area contributed by atoms with Crippen molar-refractivity contribution in [1.82, 2.24) is 10.2 Å². The molecule has 0 aliphatic heterocycles. The van der Waals surface area contributed by atoms with Crippen molar-refractivity contribution in [2.75, 3.05) is 0 Å². The lowest BCUT2D eigenvalue weighted by atomic mass is 10.1. The van der Waals surface area contributed by atoms with Gasteiger partial charge in [-0.3, -0.25) is 5.10 Å². The predicted octanol–water partition coefficient (Wildman–Crippen LogP) is 3.81. The zero-order valence-corrected chi connectivity index (χ0v) is 10.5. The minimum Gasteiger partial charge on any atom is -0.277 e. The van der Waals surface area contributed by atoms with Gasteiger partial charge in [0.2, 0.25) is 0 Å². The number of aromatic amines is 1. The SMILES string of the molecule is N#Cc1ccc2n[nH]c(/C=C\c3cccs3)c2c1F. The number of fused-ring (bicyclic) bond motifs is 1. The Hall–Kier alpha value is -2.45. The lowest BCUT2D eigenvalue weighted by Crippen LogP contribution is -1.85. The van der Waals surface area contributed by atoms with Gasteiger partial charge in [-0.05, 0) is 35.7 Å². The first-order chi connectivity index (χ1) is 9.29. The Kier molecular flexibility index (Phi) is 2.86. The molecule has 3 nitrogen and oxygen atoms in total. The minimum absolute atomic E-state index is 0.0275. The van der Waals surface area contributed by atoms with Gasteiger partial charge in [0.1, 0.15) is 6.07 Å². The number of halogens is 1. The van der Waals surface area contributed by atoms with Crippen LogP contribution in [0.5, 0.6) is 0 Å². The standard InChI is InChI=1S/C14H8FN3S/c15-14-9(8-16)3-5-11-13(14)12(18-17-11)6-4-10-2-1-7-19-10/h1-7H,(H,17,18)/b6-4-. The maximum atomic E-state index is 14.1. The van der Waals surface area contributed by atoms with Crippen molar-refractivity contribution in [3.05, 3.63) is 51.6 Å². The van der Waals surface area contributed by atoms with Gasteiger partial charge in [-0.1, -0.05) is 6.07 Å². The number of H-pyrrole nitrogens is 1. The summed E-state index contributed by atoms with van der Waals surface area (Å²) >= 11 is 1.59. The van der Waals surface area contributed by atoms with Crippen molar-refractivity contribution in [1.29, 1.82) is 5.26 Å². The molecule has 0 radical (unpaired) electrons. The van der Waals surface area contributed by atoms with E-state index < -0.39 is 5.82 Å². The molecular formula is C14H8FN3S. The van der Waals surface area contributed by atoms with E-state index in [2.05, 4.69) is 10.2 Å². The fourth-order valence-electron chi connectivity index (χ4n) is 1.85. The highest BCUT2D eigenvalue weighted by Gasteiger charge is 2.12. The molecule has 0 aliphatic carbocycles. The summed E-state index contributed by atoms with van der Waals surface area (Å²) in [7, 11) is 0. The highest BCUT2D eigenvalue weighted by atomic mass is 32.1. The maximum Gasteiger partial charge on any atom is 0.152 e. The largest absolute Gasteiger partial charge is 0.277 e. The topological polar surface area (TPSA) is 52.5 Å². The van der Waals surface area contributed by atoms with Gasteiger partial charge < -0.3 is 0 Å². The number of hydrogen-bond acceptors (Lipinski definition) is 3. The number of hydrogen-bond donors (Lipinski definition) is 1. The first-order valence-corrected chi connectivity index (χ1v) is 6.46. The van der Waals surface area contributed by atoms with Gasteiger partial charge in [0.05, 0.1) is 22.2 Å². The molecule has 0 aliphatic rings. The number of thiophene rings is 1. The summed E-state index contributed by atoms with van der Waals surface area (Å²) in [6.45, 7) is 0. The quantitative estimate of drug-likeness (QED) is 0.769. The molecular weight excluding hydrogens is 261 g/mol. The minimum atomic E-state index is -0.528. The third-order valence-corrected chi connectivity index (χ3v) is 3.60. The van der Waals surface area contributed by atoms with E-state index >= 15 is 0 Å². The lowest BCUT2D eigenvalue weighted by Gasteiger charge is -1.95. The molecule has 19 heavy (non-hydrogen) atoms. The van der Waals surface area contributed by atoms with Gasteiger partial charge in [-0.25, -0.2) is 4.39 Å². The molecule has 0 fully saturated rings. The smallest absolute Gasteiger partial charge is 0.152 e. The van der Waals surface area contributed by atoms with E-state index in [1.165, 1.54) is 6.07 Å². The Balaban J connectivity index is 2.12. The van der Waals surface area contributed by atoms with Crippen molar-refractivity contribution >= 4 is 34.4 Å². The van der Waals surface area contributed by atoms with E-state index in [1.807, 2.05) is 29.7 Å². The second-order valence-corrected chi connectivity index (χ2v) is 4.90. The van der Waals surface area contributed by atoms with Crippen LogP contribution in [0.2, 0.25) is 0 Å². The highest BCUT2D eigenvalue weighted by Crippen LogP contribution is 2.24. The molecule has 3 aromatic rings.